The minimum absolute atomic E-state index is 0.0252. The van der Waals surface area contributed by atoms with Gasteiger partial charge in [-0.3, -0.25) is 9.69 Å². The Morgan fingerprint density at radius 2 is 1.80 bits per heavy atom. The number of nitrogens with one attached hydrogen (secondary N) is 2. The summed E-state index contributed by atoms with van der Waals surface area (Å²) in [6.07, 6.45) is 1.31. The van der Waals surface area contributed by atoms with Gasteiger partial charge in [0, 0.05) is 80.6 Å². The predicted molar refractivity (Wildman–Crippen MR) is 138 cm³/mol. The van der Waals surface area contributed by atoms with E-state index in [0.717, 1.165) is 44.4 Å². The Labute approximate surface area is 206 Å². The van der Waals surface area contributed by atoms with Crippen LogP contribution in [-0.2, 0) is 22.2 Å². The summed E-state index contributed by atoms with van der Waals surface area (Å²) in [7, 11) is -0.270. The summed E-state index contributed by atoms with van der Waals surface area (Å²) in [6, 6.07) is 11.8. The molecule has 8 nitrogen and oxygen atoms in total. The summed E-state index contributed by atoms with van der Waals surface area (Å²) >= 11 is 0. The van der Waals surface area contributed by atoms with Gasteiger partial charge in [-0.15, -0.1) is 0 Å². The number of hydrogen-bond donors (Lipinski definition) is 2. The predicted octanol–water partition coefficient (Wildman–Crippen LogP) is 2.96. The third kappa shape index (κ3) is 3.83. The van der Waals surface area contributed by atoms with E-state index in [1.54, 1.807) is 14.1 Å². The van der Waals surface area contributed by atoms with Gasteiger partial charge in [0.2, 0.25) is 0 Å². The molecule has 0 spiro atoms. The van der Waals surface area contributed by atoms with Crippen molar-refractivity contribution in [2.45, 2.75) is 25.8 Å². The van der Waals surface area contributed by atoms with Crippen LogP contribution in [0.4, 0.5) is 0 Å². The molecule has 2 N–H and O–H groups in total. The molecule has 0 saturated carbocycles. The van der Waals surface area contributed by atoms with Crippen LogP contribution in [0.1, 0.15) is 52.2 Å². The molecule has 2 heterocycles. The van der Waals surface area contributed by atoms with E-state index in [-0.39, 0.29) is 5.78 Å². The normalized spacial score (nSPS) is 18.6. The molecule has 1 saturated heterocycles. The molecule has 2 aromatic carbocycles. The number of aromatic amines is 1. The molecule has 0 unspecified atom stereocenters. The van der Waals surface area contributed by atoms with Crippen molar-refractivity contribution in [3.8, 4) is 0 Å². The molecule has 0 radical (unpaired) electrons. The van der Waals surface area contributed by atoms with Gasteiger partial charge in [-0.1, -0.05) is 44.2 Å². The molecule has 1 aliphatic heterocycles. The lowest BCUT2D eigenvalue weighted by Crippen LogP contribution is -2.51. The fourth-order valence-electron chi connectivity index (χ4n) is 5.29. The Kier molecular flexibility index (Phi) is 5.71. The van der Waals surface area contributed by atoms with E-state index in [9.17, 15) is 13.2 Å². The van der Waals surface area contributed by atoms with Crippen LogP contribution in [0.15, 0.2) is 36.4 Å². The standard InChI is InChI=1S/C26H31N5O3S/c1-26(2)21-13-18(16-30-9-11-31(12-10-30)35(33,34)29(3)4)6-7-19(21)24(32)23-20-8-5-17(15-27)14-22(20)28-25(23)26/h5-8,13-15,27-28H,9-12,16H2,1-4H3. The van der Waals surface area contributed by atoms with Crippen molar-refractivity contribution in [2.24, 2.45) is 0 Å². The van der Waals surface area contributed by atoms with Crippen LogP contribution in [0.3, 0.4) is 0 Å². The summed E-state index contributed by atoms with van der Waals surface area (Å²) in [5, 5.41) is 8.44. The smallest absolute Gasteiger partial charge is 0.281 e. The number of benzene rings is 2. The molecule has 0 atom stereocenters. The van der Waals surface area contributed by atoms with E-state index in [0.29, 0.717) is 32.7 Å². The van der Waals surface area contributed by atoms with Gasteiger partial charge in [0.25, 0.3) is 10.2 Å². The van der Waals surface area contributed by atoms with Gasteiger partial charge in [0.05, 0.1) is 5.56 Å². The van der Waals surface area contributed by atoms with Gasteiger partial charge in [-0.25, -0.2) is 0 Å². The second-order valence-corrected chi connectivity index (χ2v) is 12.3. The van der Waals surface area contributed by atoms with Crippen molar-refractivity contribution in [1.82, 2.24) is 18.5 Å². The van der Waals surface area contributed by atoms with Crippen LogP contribution >= 0.6 is 0 Å². The maximum atomic E-state index is 13.6. The van der Waals surface area contributed by atoms with Crippen molar-refractivity contribution < 1.29 is 13.2 Å². The monoisotopic (exact) mass is 493 g/mol. The Morgan fingerprint density at radius 3 is 2.46 bits per heavy atom. The van der Waals surface area contributed by atoms with Gasteiger partial charge >= 0.3 is 0 Å². The van der Waals surface area contributed by atoms with Crippen LogP contribution in [-0.4, -0.2) is 79.2 Å². The van der Waals surface area contributed by atoms with E-state index in [2.05, 4.69) is 29.8 Å². The number of carbonyl (C=O) groups excluding carboxylic acids is 1. The maximum absolute atomic E-state index is 13.6. The molecule has 35 heavy (non-hydrogen) atoms. The zero-order valence-corrected chi connectivity index (χ0v) is 21.4. The minimum Gasteiger partial charge on any atom is -0.357 e. The molecule has 0 bridgehead atoms. The van der Waals surface area contributed by atoms with Crippen molar-refractivity contribution in [1.29, 1.82) is 5.41 Å². The Bertz CT molecular complexity index is 1450. The molecule has 1 fully saturated rings. The molecule has 5 rings (SSSR count). The average Bonchev–Trinajstić information content (AvgIpc) is 3.23. The summed E-state index contributed by atoms with van der Waals surface area (Å²) < 4.78 is 27.6. The summed E-state index contributed by atoms with van der Waals surface area (Å²) in [6.45, 7) is 7.23. The van der Waals surface area contributed by atoms with Crippen molar-refractivity contribution in [3.63, 3.8) is 0 Å². The lowest BCUT2D eigenvalue weighted by Gasteiger charge is -2.36. The van der Waals surface area contributed by atoms with Crippen LogP contribution < -0.4 is 0 Å². The Hall–Kier alpha value is -2.85. The second kappa shape index (κ2) is 8.37. The van der Waals surface area contributed by atoms with Crippen molar-refractivity contribution in [3.05, 3.63) is 69.9 Å². The maximum Gasteiger partial charge on any atom is 0.281 e. The first kappa shape index (κ1) is 23.9. The van der Waals surface area contributed by atoms with E-state index in [4.69, 9.17) is 5.41 Å². The third-order valence-electron chi connectivity index (χ3n) is 7.37. The fraction of sp³-hybridized carbons (Fsp3) is 0.385. The zero-order chi connectivity index (χ0) is 25.1. The highest BCUT2D eigenvalue weighted by molar-refractivity contribution is 7.86. The van der Waals surface area contributed by atoms with Gasteiger partial charge in [0.1, 0.15) is 0 Å². The minimum atomic E-state index is -3.39. The molecule has 184 valence electrons. The van der Waals surface area contributed by atoms with Gasteiger partial charge in [0.15, 0.2) is 5.78 Å². The Morgan fingerprint density at radius 1 is 1.09 bits per heavy atom. The summed E-state index contributed by atoms with van der Waals surface area (Å²) in [4.78, 5) is 19.3. The highest BCUT2D eigenvalue weighted by atomic mass is 32.2. The lowest BCUT2D eigenvalue weighted by atomic mass is 9.71. The molecule has 1 aromatic heterocycles. The average molecular weight is 494 g/mol. The molecule has 2 aliphatic rings. The zero-order valence-electron chi connectivity index (χ0n) is 20.6. The Balaban J connectivity index is 1.42. The van der Waals surface area contributed by atoms with E-state index in [1.165, 1.54) is 14.8 Å². The topological polar surface area (TPSA) is 101 Å². The van der Waals surface area contributed by atoms with E-state index >= 15 is 0 Å². The van der Waals surface area contributed by atoms with Gasteiger partial charge in [-0.05, 0) is 22.8 Å². The number of rotatable bonds is 5. The first-order valence-corrected chi connectivity index (χ1v) is 13.2. The number of carbonyl (C=O) groups is 1. The molecular formula is C26H31N5O3S. The van der Waals surface area contributed by atoms with Crippen molar-refractivity contribution >= 4 is 33.1 Å². The first-order chi connectivity index (χ1) is 16.5. The largest absolute Gasteiger partial charge is 0.357 e. The van der Waals surface area contributed by atoms with Gasteiger partial charge in [-0.2, -0.15) is 17.0 Å². The quantitative estimate of drug-likeness (QED) is 0.534. The van der Waals surface area contributed by atoms with E-state index < -0.39 is 15.6 Å². The second-order valence-electron chi connectivity index (χ2n) is 10.1. The first-order valence-electron chi connectivity index (χ1n) is 11.8. The number of fused-ring (bicyclic) bond motifs is 4. The van der Waals surface area contributed by atoms with Crippen molar-refractivity contribution in [2.75, 3.05) is 40.3 Å². The SMILES string of the molecule is CN(C)S(=O)(=O)N1CCN(Cc2ccc3c(c2)C(C)(C)c2[nH]c4cc(C=N)ccc4c2C3=O)CC1. The molecule has 1 aliphatic carbocycles. The summed E-state index contributed by atoms with van der Waals surface area (Å²) in [5.74, 6) is 0.0252. The highest BCUT2D eigenvalue weighted by Gasteiger charge is 2.40. The number of hydrogen-bond acceptors (Lipinski definition) is 5. The molecule has 3 aromatic rings. The number of H-pyrrole nitrogens is 1. The van der Waals surface area contributed by atoms with Crippen LogP contribution in [0.5, 0.6) is 0 Å². The highest BCUT2D eigenvalue weighted by Crippen LogP contribution is 2.44. The fourth-order valence-corrected chi connectivity index (χ4v) is 6.38. The molecular weight excluding hydrogens is 462 g/mol. The third-order valence-corrected chi connectivity index (χ3v) is 9.31. The number of ketones is 1. The number of aromatic nitrogens is 1. The van der Waals surface area contributed by atoms with Crippen LogP contribution in [0, 0.1) is 5.41 Å². The summed E-state index contributed by atoms with van der Waals surface area (Å²) in [5.41, 5.74) is 5.74. The van der Waals surface area contributed by atoms with Crippen LogP contribution in [0.25, 0.3) is 10.9 Å². The van der Waals surface area contributed by atoms with E-state index in [1.807, 2.05) is 30.3 Å². The lowest BCUT2D eigenvalue weighted by molar-refractivity contribution is 0.103. The van der Waals surface area contributed by atoms with Gasteiger partial charge < -0.3 is 10.4 Å². The number of piperazine rings is 1. The number of nitrogens with zero attached hydrogens (tertiary/aromatic N) is 3. The molecule has 0 amide bonds. The molecule has 9 heteroatoms. The van der Waals surface area contributed by atoms with Crippen LogP contribution in [0.2, 0.25) is 0 Å².